The topological polar surface area (TPSA) is 24.1 Å². The minimum absolute atomic E-state index is 0.507. The molecule has 2 bridgehead atoms. The molecule has 44 valence electrons. The summed E-state index contributed by atoms with van der Waals surface area (Å²) in [4.78, 5) is 1.02. The Morgan fingerprint density at radius 2 is 2.38 bits per heavy atom. The van der Waals surface area contributed by atoms with Gasteiger partial charge in [-0.25, -0.2) is 0 Å². The standard InChI is InChI=1S/C5H8N2S/c8-5-3-1-2-4(6-3)7-5/h3-4,6H,1-2H2,(H,7,8)/t3-,4-/m1/s1. The van der Waals surface area contributed by atoms with Crippen molar-refractivity contribution >= 4 is 17.2 Å². The lowest BCUT2D eigenvalue weighted by molar-refractivity contribution is 0.605. The summed E-state index contributed by atoms with van der Waals surface area (Å²) in [6.45, 7) is 0. The van der Waals surface area contributed by atoms with Crippen LogP contribution in [0.3, 0.4) is 0 Å². The van der Waals surface area contributed by atoms with Gasteiger partial charge >= 0.3 is 0 Å². The van der Waals surface area contributed by atoms with Crippen LogP contribution in [0, 0.1) is 0 Å². The monoisotopic (exact) mass is 128 g/mol. The number of piperidine rings is 1. The van der Waals surface area contributed by atoms with Crippen molar-refractivity contribution < 1.29 is 0 Å². The molecule has 2 heterocycles. The van der Waals surface area contributed by atoms with Gasteiger partial charge in [-0.3, -0.25) is 5.32 Å². The second kappa shape index (κ2) is 1.42. The van der Waals surface area contributed by atoms with Crippen LogP contribution in [-0.2, 0) is 0 Å². The van der Waals surface area contributed by atoms with E-state index in [4.69, 9.17) is 12.2 Å². The summed E-state index contributed by atoms with van der Waals surface area (Å²) in [6, 6.07) is 0.509. The first-order valence-corrected chi connectivity index (χ1v) is 3.33. The highest BCUT2D eigenvalue weighted by atomic mass is 32.1. The van der Waals surface area contributed by atoms with Gasteiger partial charge in [-0.1, -0.05) is 12.2 Å². The maximum atomic E-state index is 5.00. The molecule has 2 fully saturated rings. The van der Waals surface area contributed by atoms with Crippen molar-refractivity contribution in [1.82, 2.24) is 10.6 Å². The van der Waals surface area contributed by atoms with Crippen molar-refractivity contribution in [1.29, 1.82) is 0 Å². The molecule has 0 amide bonds. The first-order valence-electron chi connectivity index (χ1n) is 2.93. The van der Waals surface area contributed by atoms with Crippen LogP contribution < -0.4 is 10.6 Å². The SMILES string of the molecule is S=C1N[C@@H]2CC[C@H]1N2. The molecule has 2 N–H and O–H groups in total. The van der Waals surface area contributed by atoms with Crippen molar-refractivity contribution in [2.45, 2.75) is 25.0 Å². The van der Waals surface area contributed by atoms with E-state index in [-0.39, 0.29) is 0 Å². The van der Waals surface area contributed by atoms with Gasteiger partial charge in [0.2, 0.25) is 0 Å². The first kappa shape index (κ1) is 4.70. The molecule has 2 rings (SSSR count). The Bertz CT molecular complexity index is 134. The van der Waals surface area contributed by atoms with E-state index in [2.05, 4.69) is 10.6 Å². The second-order valence-electron chi connectivity index (χ2n) is 2.36. The molecule has 2 aliphatic rings. The molecule has 0 aromatic carbocycles. The van der Waals surface area contributed by atoms with Crippen LogP contribution in [0.5, 0.6) is 0 Å². The third kappa shape index (κ3) is 0.485. The number of rotatable bonds is 0. The molecule has 3 heteroatoms. The molecule has 0 aromatic rings. The normalized spacial score (nSPS) is 42.8. The van der Waals surface area contributed by atoms with E-state index in [1.54, 1.807) is 0 Å². The zero-order valence-electron chi connectivity index (χ0n) is 4.48. The summed E-state index contributed by atoms with van der Waals surface area (Å²) in [5.74, 6) is 0. The summed E-state index contributed by atoms with van der Waals surface area (Å²) in [5.41, 5.74) is 0. The predicted molar refractivity (Wildman–Crippen MR) is 35.7 cm³/mol. The highest BCUT2D eigenvalue weighted by Gasteiger charge is 2.33. The van der Waals surface area contributed by atoms with E-state index in [9.17, 15) is 0 Å². The largest absolute Gasteiger partial charge is 0.363 e. The fraction of sp³-hybridized carbons (Fsp3) is 0.800. The molecule has 0 saturated carbocycles. The summed E-state index contributed by atoms with van der Waals surface area (Å²) in [6.07, 6.45) is 2.98. The van der Waals surface area contributed by atoms with Gasteiger partial charge in [-0.15, -0.1) is 0 Å². The van der Waals surface area contributed by atoms with Crippen molar-refractivity contribution in [3.8, 4) is 0 Å². The number of hydrogen-bond acceptors (Lipinski definition) is 2. The van der Waals surface area contributed by atoms with Gasteiger partial charge in [0.1, 0.15) is 0 Å². The second-order valence-corrected chi connectivity index (χ2v) is 2.80. The van der Waals surface area contributed by atoms with Crippen LogP contribution in [0.15, 0.2) is 0 Å². The van der Waals surface area contributed by atoms with E-state index in [1.165, 1.54) is 12.8 Å². The van der Waals surface area contributed by atoms with E-state index in [0.29, 0.717) is 12.2 Å². The smallest absolute Gasteiger partial charge is 0.0938 e. The van der Waals surface area contributed by atoms with Crippen molar-refractivity contribution in [3.63, 3.8) is 0 Å². The first-order chi connectivity index (χ1) is 3.86. The van der Waals surface area contributed by atoms with Crippen LogP contribution in [0.25, 0.3) is 0 Å². The number of thiocarbonyl (C=S) groups is 1. The summed E-state index contributed by atoms with van der Waals surface area (Å²) in [7, 11) is 0. The summed E-state index contributed by atoms with van der Waals surface area (Å²) < 4.78 is 0. The Morgan fingerprint density at radius 1 is 1.50 bits per heavy atom. The van der Waals surface area contributed by atoms with Gasteiger partial charge in [0, 0.05) is 0 Å². The molecular weight excluding hydrogens is 120 g/mol. The molecule has 0 aromatic heterocycles. The van der Waals surface area contributed by atoms with Gasteiger partial charge in [0.25, 0.3) is 0 Å². The van der Waals surface area contributed by atoms with E-state index < -0.39 is 0 Å². The molecule has 0 unspecified atom stereocenters. The maximum absolute atomic E-state index is 5.00. The molecule has 2 atom stereocenters. The van der Waals surface area contributed by atoms with Gasteiger partial charge in [0.15, 0.2) is 0 Å². The fourth-order valence-corrected chi connectivity index (χ4v) is 1.66. The molecule has 0 aliphatic carbocycles. The van der Waals surface area contributed by atoms with Gasteiger partial charge < -0.3 is 5.32 Å². The van der Waals surface area contributed by atoms with Gasteiger partial charge in [0.05, 0.1) is 17.2 Å². The molecular formula is C5H8N2S. The Morgan fingerprint density at radius 3 is 2.62 bits per heavy atom. The quantitative estimate of drug-likeness (QED) is 0.449. The zero-order valence-corrected chi connectivity index (χ0v) is 5.29. The minimum Gasteiger partial charge on any atom is -0.363 e. The number of hydrogen-bond donors (Lipinski definition) is 2. The minimum atomic E-state index is 0.507. The molecule has 0 spiro atoms. The Balaban J connectivity index is 2.22. The Labute approximate surface area is 53.6 Å². The molecule has 8 heavy (non-hydrogen) atoms. The van der Waals surface area contributed by atoms with E-state index in [0.717, 1.165) is 4.99 Å². The van der Waals surface area contributed by atoms with Gasteiger partial charge in [-0.05, 0) is 12.8 Å². The van der Waals surface area contributed by atoms with Crippen LogP contribution in [0.2, 0.25) is 0 Å². The Hall–Kier alpha value is -0.150. The zero-order chi connectivity index (χ0) is 5.56. The highest BCUT2D eigenvalue weighted by Crippen LogP contribution is 2.17. The van der Waals surface area contributed by atoms with E-state index >= 15 is 0 Å². The highest BCUT2D eigenvalue weighted by molar-refractivity contribution is 7.80. The van der Waals surface area contributed by atoms with E-state index in [1.807, 2.05) is 0 Å². The maximum Gasteiger partial charge on any atom is 0.0938 e. The van der Waals surface area contributed by atoms with Crippen molar-refractivity contribution in [3.05, 3.63) is 0 Å². The lowest BCUT2D eigenvalue weighted by Gasteiger charge is -2.09. The average Bonchev–Trinajstić information content (AvgIpc) is 2.23. The molecule has 2 saturated heterocycles. The summed E-state index contributed by atoms with van der Waals surface area (Å²) >= 11 is 5.00. The number of fused-ring (bicyclic) bond motifs is 2. The van der Waals surface area contributed by atoms with Crippen molar-refractivity contribution in [2.24, 2.45) is 0 Å². The fourth-order valence-electron chi connectivity index (χ4n) is 1.34. The third-order valence-electron chi connectivity index (χ3n) is 1.78. The van der Waals surface area contributed by atoms with Crippen LogP contribution >= 0.6 is 12.2 Å². The predicted octanol–water partition coefficient (Wildman–Crippen LogP) is -0.00490. The van der Waals surface area contributed by atoms with Gasteiger partial charge in [-0.2, -0.15) is 0 Å². The number of nitrogens with one attached hydrogen (secondary N) is 2. The third-order valence-corrected chi connectivity index (χ3v) is 2.18. The Kier molecular flexibility index (Phi) is 0.835. The molecule has 2 nitrogen and oxygen atoms in total. The molecule has 2 aliphatic heterocycles. The lowest BCUT2D eigenvalue weighted by Crippen LogP contribution is -2.30. The summed E-state index contributed by atoms with van der Waals surface area (Å²) in [5, 5.41) is 6.50. The lowest BCUT2D eigenvalue weighted by atomic mass is 10.2. The van der Waals surface area contributed by atoms with Crippen molar-refractivity contribution in [2.75, 3.05) is 0 Å². The van der Waals surface area contributed by atoms with Crippen LogP contribution in [0.4, 0.5) is 0 Å². The molecule has 0 radical (unpaired) electrons. The van der Waals surface area contributed by atoms with Crippen LogP contribution in [-0.4, -0.2) is 17.2 Å². The van der Waals surface area contributed by atoms with Crippen LogP contribution in [0.1, 0.15) is 12.8 Å². The average molecular weight is 128 g/mol.